The number of nitrogens with two attached hydrogens (primary N) is 1. The van der Waals surface area contributed by atoms with Crippen LogP contribution in [0.15, 0.2) is 12.4 Å². The molecule has 6 nitrogen and oxygen atoms in total. The highest BCUT2D eigenvalue weighted by Gasteiger charge is 2.29. The van der Waals surface area contributed by atoms with Crippen LogP contribution < -0.4 is 11.1 Å². The molecule has 1 heterocycles. The minimum absolute atomic E-state index is 0.0909. The van der Waals surface area contributed by atoms with E-state index in [4.69, 9.17) is 10.5 Å². The molecule has 0 radical (unpaired) electrons. The Labute approximate surface area is 133 Å². The lowest BCUT2D eigenvalue weighted by atomic mass is 9.84. The zero-order valence-electron chi connectivity index (χ0n) is 14.9. The second-order valence-corrected chi connectivity index (χ2v) is 7.96. The summed E-state index contributed by atoms with van der Waals surface area (Å²) in [5.74, 6) is 0. The van der Waals surface area contributed by atoms with Crippen molar-refractivity contribution < 1.29 is 9.53 Å². The van der Waals surface area contributed by atoms with Crippen molar-refractivity contribution in [2.24, 2.45) is 5.73 Å². The molecule has 0 aliphatic heterocycles. The van der Waals surface area contributed by atoms with Crippen molar-refractivity contribution in [3.63, 3.8) is 0 Å². The number of amides is 1. The standard InChI is InChI=1S/C16H30N4O2/c1-14(2,3)20-9-12(8-19-20)16(7,10-17)11-18-13(21)22-15(4,5)6/h8-9H,10-11,17H2,1-7H3,(H,18,21). The third kappa shape index (κ3) is 5.02. The van der Waals surface area contributed by atoms with Crippen LogP contribution in [0.5, 0.6) is 0 Å². The molecule has 0 aliphatic carbocycles. The lowest BCUT2D eigenvalue weighted by molar-refractivity contribution is 0.0516. The van der Waals surface area contributed by atoms with E-state index >= 15 is 0 Å². The van der Waals surface area contributed by atoms with Gasteiger partial charge in [0.1, 0.15) is 5.60 Å². The molecule has 126 valence electrons. The molecule has 1 aromatic heterocycles. The smallest absolute Gasteiger partial charge is 0.407 e. The Morgan fingerprint density at radius 3 is 2.27 bits per heavy atom. The highest BCUT2D eigenvalue weighted by atomic mass is 16.6. The largest absolute Gasteiger partial charge is 0.444 e. The van der Waals surface area contributed by atoms with Crippen LogP contribution in [0.1, 0.15) is 54.0 Å². The summed E-state index contributed by atoms with van der Waals surface area (Å²) in [7, 11) is 0. The summed E-state index contributed by atoms with van der Waals surface area (Å²) in [6.07, 6.45) is 3.37. The van der Waals surface area contributed by atoms with Crippen LogP contribution in [0, 0.1) is 0 Å². The van der Waals surface area contributed by atoms with Gasteiger partial charge in [0.25, 0.3) is 0 Å². The van der Waals surface area contributed by atoms with Crippen molar-refractivity contribution >= 4 is 6.09 Å². The van der Waals surface area contributed by atoms with Crippen LogP contribution in [0.4, 0.5) is 4.79 Å². The molecule has 1 amide bonds. The summed E-state index contributed by atoms with van der Waals surface area (Å²) in [5, 5.41) is 7.20. The average Bonchev–Trinajstić information content (AvgIpc) is 2.83. The van der Waals surface area contributed by atoms with Gasteiger partial charge in [-0.2, -0.15) is 5.10 Å². The van der Waals surface area contributed by atoms with E-state index in [2.05, 4.69) is 31.2 Å². The number of alkyl carbamates (subject to hydrolysis) is 1. The van der Waals surface area contributed by atoms with Crippen LogP contribution >= 0.6 is 0 Å². The molecule has 3 N–H and O–H groups in total. The minimum Gasteiger partial charge on any atom is -0.444 e. The molecule has 0 fully saturated rings. The summed E-state index contributed by atoms with van der Waals surface area (Å²) in [5.41, 5.74) is 5.95. The van der Waals surface area contributed by atoms with E-state index in [0.29, 0.717) is 13.1 Å². The summed E-state index contributed by atoms with van der Waals surface area (Å²) in [6, 6.07) is 0. The molecular formula is C16H30N4O2. The quantitative estimate of drug-likeness (QED) is 0.894. The number of hydrogen-bond acceptors (Lipinski definition) is 4. The first-order valence-electron chi connectivity index (χ1n) is 7.60. The molecule has 0 aliphatic rings. The van der Waals surface area contributed by atoms with Gasteiger partial charge in [-0.3, -0.25) is 4.68 Å². The van der Waals surface area contributed by atoms with Gasteiger partial charge < -0.3 is 15.8 Å². The van der Waals surface area contributed by atoms with Gasteiger partial charge in [0.05, 0.1) is 11.7 Å². The Morgan fingerprint density at radius 1 is 1.27 bits per heavy atom. The number of nitrogens with zero attached hydrogens (tertiary/aromatic N) is 2. The molecule has 0 saturated carbocycles. The molecule has 1 rings (SSSR count). The Bertz CT molecular complexity index is 511. The Balaban J connectivity index is 2.80. The number of carbonyl (C=O) groups is 1. The average molecular weight is 310 g/mol. The molecule has 1 unspecified atom stereocenters. The van der Waals surface area contributed by atoms with Crippen molar-refractivity contribution in [3.05, 3.63) is 18.0 Å². The third-order valence-electron chi connectivity index (χ3n) is 3.44. The monoisotopic (exact) mass is 310 g/mol. The maximum atomic E-state index is 11.8. The van der Waals surface area contributed by atoms with Crippen LogP contribution in [0.2, 0.25) is 0 Å². The second-order valence-electron chi connectivity index (χ2n) is 7.96. The van der Waals surface area contributed by atoms with E-state index < -0.39 is 11.7 Å². The number of aromatic nitrogens is 2. The van der Waals surface area contributed by atoms with Gasteiger partial charge in [0.2, 0.25) is 0 Å². The SMILES string of the molecule is CC(C)(C)OC(=O)NCC(C)(CN)c1cnn(C(C)(C)C)c1. The van der Waals surface area contributed by atoms with Crippen molar-refractivity contribution in [1.29, 1.82) is 0 Å². The van der Waals surface area contributed by atoms with Crippen LogP contribution in [0.25, 0.3) is 0 Å². The first-order chi connectivity index (χ1) is 9.87. The number of hydrogen-bond donors (Lipinski definition) is 2. The maximum Gasteiger partial charge on any atom is 0.407 e. The van der Waals surface area contributed by atoms with Gasteiger partial charge in [-0.05, 0) is 47.1 Å². The van der Waals surface area contributed by atoms with E-state index in [-0.39, 0.29) is 11.0 Å². The van der Waals surface area contributed by atoms with Crippen molar-refractivity contribution in [1.82, 2.24) is 15.1 Å². The lowest BCUT2D eigenvalue weighted by Gasteiger charge is -2.28. The fraction of sp³-hybridized carbons (Fsp3) is 0.750. The predicted molar refractivity (Wildman–Crippen MR) is 87.9 cm³/mol. The van der Waals surface area contributed by atoms with Crippen LogP contribution in [-0.2, 0) is 15.7 Å². The van der Waals surface area contributed by atoms with Gasteiger partial charge in [0.15, 0.2) is 0 Å². The zero-order chi connectivity index (χ0) is 17.2. The number of carbonyl (C=O) groups excluding carboxylic acids is 1. The maximum absolute atomic E-state index is 11.8. The van der Waals surface area contributed by atoms with Crippen LogP contribution in [0.3, 0.4) is 0 Å². The molecule has 1 aromatic rings. The number of rotatable bonds is 4. The van der Waals surface area contributed by atoms with Crippen LogP contribution in [-0.4, -0.2) is 34.6 Å². The van der Waals surface area contributed by atoms with Gasteiger partial charge >= 0.3 is 6.09 Å². The lowest BCUT2D eigenvalue weighted by Crippen LogP contribution is -2.45. The second kappa shape index (κ2) is 6.28. The van der Waals surface area contributed by atoms with E-state index in [1.165, 1.54) is 0 Å². The Morgan fingerprint density at radius 2 is 1.86 bits per heavy atom. The summed E-state index contributed by atoms with van der Waals surface area (Å²) in [6.45, 7) is 14.6. The van der Waals surface area contributed by atoms with E-state index in [9.17, 15) is 4.79 Å². The van der Waals surface area contributed by atoms with Gasteiger partial charge in [-0.15, -0.1) is 0 Å². The molecule has 0 spiro atoms. The minimum atomic E-state index is -0.514. The fourth-order valence-corrected chi connectivity index (χ4v) is 1.87. The predicted octanol–water partition coefficient (Wildman–Crippen LogP) is 2.38. The summed E-state index contributed by atoms with van der Waals surface area (Å²) >= 11 is 0. The highest BCUT2D eigenvalue weighted by Crippen LogP contribution is 2.24. The normalized spacial score (nSPS) is 15.3. The first kappa shape index (κ1) is 18.5. The van der Waals surface area contributed by atoms with E-state index in [0.717, 1.165) is 5.56 Å². The Hall–Kier alpha value is -1.56. The van der Waals surface area contributed by atoms with E-state index in [1.807, 2.05) is 44.8 Å². The molecule has 0 aromatic carbocycles. The van der Waals surface area contributed by atoms with Crippen molar-refractivity contribution in [3.8, 4) is 0 Å². The van der Waals surface area contributed by atoms with Gasteiger partial charge in [-0.25, -0.2) is 4.79 Å². The number of nitrogens with one attached hydrogen (secondary N) is 1. The molecule has 22 heavy (non-hydrogen) atoms. The number of ether oxygens (including phenoxy) is 1. The molecule has 6 heteroatoms. The topological polar surface area (TPSA) is 82.2 Å². The van der Waals surface area contributed by atoms with Gasteiger partial charge in [-0.1, -0.05) is 6.92 Å². The zero-order valence-corrected chi connectivity index (χ0v) is 14.9. The Kier molecular flexibility index (Phi) is 5.28. The summed E-state index contributed by atoms with van der Waals surface area (Å²) in [4.78, 5) is 11.8. The summed E-state index contributed by atoms with van der Waals surface area (Å²) < 4.78 is 7.17. The third-order valence-corrected chi connectivity index (χ3v) is 3.44. The molecule has 1 atom stereocenters. The molecular weight excluding hydrogens is 280 g/mol. The molecule has 0 saturated heterocycles. The van der Waals surface area contributed by atoms with E-state index in [1.54, 1.807) is 0 Å². The first-order valence-corrected chi connectivity index (χ1v) is 7.60. The van der Waals surface area contributed by atoms with Gasteiger partial charge in [0, 0.05) is 24.7 Å². The van der Waals surface area contributed by atoms with Crippen molar-refractivity contribution in [2.75, 3.05) is 13.1 Å². The molecule has 0 bridgehead atoms. The van der Waals surface area contributed by atoms with Crippen molar-refractivity contribution in [2.45, 2.75) is 65.0 Å². The fourth-order valence-electron chi connectivity index (χ4n) is 1.87. The highest BCUT2D eigenvalue weighted by molar-refractivity contribution is 5.67.